The summed E-state index contributed by atoms with van der Waals surface area (Å²) in [5, 5.41) is 0. The van der Waals surface area contributed by atoms with E-state index in [0.29, 0.717) is 6.54 Å². The molecule has 2 aromatic rings. The molecule has 0 saturated heterocycles. The van der Waals surface area contributed by atoms with Gasteiger partial charge in [-0.15, -0.1) is 11.3 Å². The van der Waals surface area contributed by atoms with Gasteiger partial charge in [-0.25, -0.2) is 4.98 Å². The van der Waals surface area contributed by atoms with Crippen LogP contribution in [0.1, 0.15) is 27.7 Å². The standard InChI is InChI=1S/C15H21N3S/c1-11-5-4-6-13(7-11)14(8-16)18(3)9-15-12(2)17-10-19-15/h4-7,10,14H,8-9,16H2,1-3H3. The largest absolute Gasteiger partial charge is 0.329 e. The van der Waals surface area contributed by atoms with E-state index in [1.54, 1.807) is 11.3 Å². The quantitative estimate of drug-likeness (QED) is 0.912. The molecule has 1 aromatic carbocycles. The number of hydrogen-bond acceptors (Lipinski definition) is 4. The molecule has 0 spiro atoms. The maximum atomic E-state index is 5.97. The highest BCUT2D eigenvalue weighted by molar-refractivity contribution is 7.09. The molecule has 0 fully saturated rings. The van der Waals surface area contributed by atoms with E-state index in [2.05, 4.69) is 55.0 Å². The average Bonchev–Trinajstić information content (AvgIpc) is 2.76. The fourth-order valence-corrected chi connectivity index (χ4v) is 3.10. The number of nitrogens with two attached hydrogens (primary N) is 1. The first-order chi connectivity index (χ1) is 9.11. The minimum absolute atomic E-state index is 0.251. The van der Waals surface area contributed by atoms with Crippen LogP contribution in [0.25, 0.3) is 0 Å². The Morgan fingerprint density at radius 2 is 2.16 bits per heavy atom. The summed E-state index contributed by atoms with van der Waals surface area (Å²) in [6.07, 6.45) is 0. The second-order valence-electron chi connectivity index (χ2n) is 4.94. The van der Waals surface area contributed by atoms with Gasteiger partial charge in [0.15, 0.2) is 0 Å². The lowest BCUT2D eigenvalue weighted by molar-refractivity contribution is 0.243. The lowest BCUT2D eigenvalue weighted by atomic mass is 10.0. The fourth-order valence-electron chi connectivity index (χ4n) is 2.26. The van der Waals surface area contributed by atoms with Gasteiger partial charge in [-0.1, -0.05) is 29.8 Å². The number of rotatable bonds is 5. The zero-order valence-electron chi connectivity index (χ0n) is 11.8. The van der Waals surface area contributed by atoms with Gasteiger partial charge in [0.2, 0.25) is 0 Å². The van der Waals surface area contributed by atoms with Crippen LogP contribution in [0.5, 0.6) is 0 Å². The van der Waals surface area contributed by atoms with Crippen LogP contribution in [0.15, 0.2) is 29.8 Å². The summed E-state index contributed by atoms with van der Waals surface area (Å²) in [4.78, 5) is 7.92. The van der Waals surface area contributed by atoms with E-state index < -0.39 is 0 Å². The van der Waals surface area contributed by atoms with Crippen molar-refractivity contribution in [2.24, 2.45) is 5.73 Å². The Labute approximate surface area is 119 Å². The SMILES string of the molecule is Cc1cccc(C(CN)N(C)Cc2scnc2C)c1. The van der Waals surface area contributed by atoms with Crippen molar-refractivity contribution in [1.82, 2.24) is 9.88 Å². The Kier molecular flexibility index (Phi) is 4.69. The third-order valence-corrected chi connectivity index (χ3v) is 4.34. The molecule has 4 heteroatoms. The Balaban J connectivity index is 2.15. The number of benzene rings is 1. The van der Waals surface area contributed by atoms with Gasteiger partial charge in [0, 0.05) is 24.0 Å². The molecule has 3 nitrogen and oxygen atoms in total. The van der Waals surface area contributed by atoms with E-state index in [4.69, 9.17) is 5.73 Å². The van der Waals surface area contributed by atoms with Crippen molar-refractivity contribution >= 4 is 11.3 Å². The first kappa shape index (κ1) is 14.2. The van der Waals surface area contributed by atoms with Gasteiger partial charge in [-0.05, 0) is 26.5 Å². The Morgan fingerprint density at radius 1 is 1.37 bits per heavy atom. The predicted molar refractivity (Wildman–Crippen MR) is 81.3 cm³/mol. The lowest BCUT2D eigenvalue weighted by Crippen LogP contribution is -2.30. The number of aryl methyl sites for hydroxylation is 2. The van der Waals surface area contributed by atoms with Gasteiger partial charge in [0.05, 0.1) is 11.2 Å². The van der Waals surface area contributed by atoms with Crippen molar-refractivity contribution in [3.8, 4) is 0 Å². The maximum absolute atomic E-state index is 5.97. The number of likely N-dealkylation sites (N-methyl/N-ethyl adjacent to an activating group) is 1. The van der Waals surface area contributed by atoms with Crippen LogP contribution in [0.4, 0.5) is 0 Å². The van der Waals surface area contributed by atoms with Crippen LogP contribution in [-0.4, -0.2) is 23.5 Å². The normalized spacial score (nSPS) is 12.9. The van der Waals surface area contributed by atoms with Crippen LogP contribution in [0, 0.1) is 13.8 Å². The molecule has 1 heterocycles. The van der Waals surface area contributed by atoms with Crippen LogP contribution in [0.2, 0.25) is 0 Å². The molecule has 0 aliphatic carbocycles. The summed E-state index contributed by atoms with van der Waals surface area (Å²) in [5.41, 5.74) is 11.6. The molecule has 1 atom stereocenters. The van der Waals surface area contributed by atoms with Crippen LogP contribution >= 0.6 is 11.3 Å². The molecule has 0 bridgehead atoms. The molecule has 0 aliphatic rings. The maximum Gasteiger partial charge on any atom is 0.0798 e. The van der Waals surface area contributed by atoms with Crippen molar-refractivity contribution < 1.29 is 0 Å². The van der Waals surface area contributed by atoms with Gasteiger partial charge < -0.3 is 5.73 Å². The highest BCUT2D eigenvalue weighted by atomic mass is 32.1. The number of nitrogens with zero attached hydrogens (tertiary/aromatic N) is 2. The molecule has 2 rings (SSSR count). The van der Waals surface area contributed by atoms with Crippen molar-refractivity contribution in [3.63, 3.8) is 0 Å². The lowest BCUT2D eigenvalue weighted by Gasteiger charge is -2.27. The third-order valence-electron chi connectivity index (χ3n) is 3.42. The molecule has 102 valence electrons. The molecule has 0 saturated carbocycles. The van der Waals surface area contributed by atoms with E-state index in [1.807, 2.05) is 5.51 Å². The summed E-state index contributed by atoms with van der Waals surface area (Å²) >= 11 is 1.71. The fraction of sp³-hybridized carbons (Fsp3) is 0.400. The van der Waals surface area contributed by atoms with Gasteiger partial charge in [-0.3, -0.25) is 4.90 Å². The third kappa shape index (κ3) is 3.41. The van der Waals surface area contributed by atoms with E-state index in [1.165, 1.54) is 16.0 Å². The zero-order chi connectivity index (χ0) is 13.8. The summed E-state index contributed by atoms with van der Waals surface area (Å²) in [5.74, 6) is 0. The van der Waals surface area contributed by atoms with E-state index in [-0.39, 0.29) is 6.04 Å². The molecule has 1 unspecified atom stereocenters. The average molecular weight is 275 g/mol. The second-order valence-corrected chi connectivity index (χ2v) is 5.88. The monoisotopic (exact) mass is 275 g/mol. The van der Waals surface area contributed by atoms with Crippen LogP contribution in [0.3, 0.4) is 0 Å². The second kappa shape index (κ2) is 6.28. The van der Waals surface area contributed by atoms with Crippen molar-refractivity contribution in [1.29, 1.82) is 0 Å². The predicted octanol–water partition coefficient (Wildman–Crippen LogP) is 2.89. The number of aromatic nitrogens is 1. The van der Waals surface area contributed by atoms with Crippen molar-refractivity contribution in [2.75, 3.05) is 13.6 Å². The first-order valence-corrected chi connectivity index (χ1v) is 7.35. The minimum atomic E-state index is 0.251. The Morgan fingerprint density at radius 3 is 2.74 bits per heavy atom. The molecule has 1 aromatic heterocycles. The Hall–Kier alpha value is -1.23. The first-order valence-electron chi connectivity index (χ1n) is 6.47. The van der Waals surface area contributed by atoms with Gasteiger partial charge in [0.1, 0.15) is 0 Å². The molecule has 0 aliphatic heterocycles. The number of hydrogen-bond donors (Lipinski definition) is 1. The molecule has 0 radical (unpaired) electrons. The molecular formula is C15H21N3S. The molecule has 19 heavy (non-hydrogen) atoms. The van der Waals surface area contributed by atoms with Gasteiger partial charge >= 0.3 is 0 Å². The summed E-state index contributed by atoms with van der Waals surface area (Å²) in [6, 6.07) is 8.83. The zero-order valence-corrected chi connectivity index (χ0v) is 12.6. The Bertz CT molecular complexity index is 536. The van der Waals surface area contributed by atoms with Crippen molar-refractivity contribution in [3.05, 3.63) is 51.5 Å². The highest BCUT2D eigenvalue weighted by Crippen LogP contribution is 2.23. The van der Waals surface area contributed by atoms with Gasteiger partial charge in [0.25, 0.3) is 0 Å². The van der Waals surface area contributed by atoms with Crippen LogP contribution in [-0.2, 0) is 6.54 Å². The van der Waals surface area contributed by atoms with E-state index in [0.717, 1.165) is 12.2 Å². The summed E-state index contributed by atoms with van der Waals surface area (Å²) in [7, 11) is 2.12. The molecular weight excluding hydrogens is 254 g/mol. The highest BCUT2D eigenvalue weighted by Gasteiger charge is 2.17. The topological polar surface area (TPSA) is 42.1 Å². The van der Waals surface area contributed by atoms with Crippen molar-refractivity contribution in [2.45, 2.75) is 26.4 Å². The minimum Gasteiger partial charge on any atom is -0.329 e. The van der Waals surface area contributed by atoms with Crippen LogP contribution < -0.4 is 5.73 Å². The molecule has 2 N–H and O–H groups in total. The smallest absolute Gasteiger partial charge is 0.0798 e. The van der Waals surface area contributed by atoms with E-state index in [9.17, 15) is 0 Å². The molecule has 0 amide bonds. The summed E-state index contributed by atoms with van der Waals surface area (Å²) < 4.78 is 0. The number of thiazole rings is 1. The summed E-state index contributed by atoms with van der Waals surface area (Å²) in [6.45, 7) is 5.69. The van der Waals surface area contributed by atoms with Gasteiger partial charge in [-0.2, -0.15) is 0 Å². The van der Waals surface area contributed by atoms with E-state index >= 15 is 0 Å².